The molecule has 7 heteroatoms. The molecule has 1 N–H and O–H groups in total. The first-order chi connectivity index (χ1) is 17.0. The van der Waals surface area contributed by atoms with E-state index in [2.05, 4.69) is 40.3 Å². The molecule has 0 atom stereocenters. The molecule has 1 aliphatic rings. The molecular weight excluding hydrogens is 438 g/mol. The monoisotopic (exact) mass is 469 g/mol. The highest BCUT2D eigenvalue weighted by Crippen LogP contribution is 2.29. The van der Waals surface area contributed by atoms with Crippen LogP contribution in [0.4, 0.5) is 0 Å². The van der Waals surface area contributed by atoms with Crippen LogP contribution in [0.25, 0.3) is 22.2 Å². The Hall–Kier alpha value is -3.71. The van der Waals surface area contributed by atoms with Crippen LogP contribution < -0.4 is 10.1 Å². The highest BCUT2D eigenvalue weighted by Gasteiger charge is 2.20. The Morgan fingerprint density at radius 2 is 1.86 bits per heavy atom. The number of nitrogens with one attached hydrogen (secondary N) is 1. The molecule has 1 aliphatic heterocycles. The number of likely N-dealkylation sites (tertiary alicyclic amines) is 1. The van der Waals surface area contributed by atoms with E-state index in [1.54, 1.807) is 6.20 Å². The number of fused-ring (bicyclic) bond motifs is 1. The summed E-state index contributed by atoms with van der Waals surface area (Å²) in [6.07, 6.45) is 6.34. The van der Waals surface area contributed by atoms with Gasteiger partial charge in [-0.15, -0.1) is 0 Å². The smallest absolute Gasteiger partial charge is 0.251 e. The summed E-state index contributed by atoms with van der Waals surface area (Å²) >= 11 is 0. The molecule has 3 heterocycles. The van der Waals surface area contributed by atoms with Crippen molar-refractivity contribution in [2.75, 3.05) is 20.1 Å². The first kappa shape index (κ1) is 23.1. The summed E-state index contributed by atoms with van der Waals surface area (Å²) in [7, 11) is 4.04. The molecule has 0 aliphatic carbocycles. The Bertz CT molecular complexity index is 1350. The third-order valence-electron chi connectivity index (χ3n) is 6.77. The number of carbonyl (C=O) groups is 1. The summed E-state index contributed by atoms with van der Waals surface area (Å²) in [5, 5.41) is 8.59. The molecule has 1 fully saturated rings. The van der Waals surface area contributed by atoms with Crippen molar-refractivity contribution in [1.29, 1.82) is 0 Å². The van der Waals surface area contributed by atoms with Crippen molar-refractivity contribution in [2.24, 2.45) is 7.05 Å². The molecule has 0 radical (unpaired) electrons. The summed E-state index contributed by atoms with van der Waals surface area (Å²) in [5.74, 6) is 1.46. The number of aromatic nitrogens is 3. The lowest BCUT2D eigenvalue weighted by Crippen LogP contribution is -2.43. The lowest BCUT2D eigenvalue weighted by molar-refractivity contribution is 0.0916. The minimum Gasteiger partial charge on any atom is -0.457 e. The second-order valence-corrected chi connectivity index (χ2v) is 9.24. The number of nitrogens with zero attached hydrogens (tertiary/aromatic N) is 4. The van der Waals surface area contributed by atoms with Gasteiger partial charge in [-0.25, -0.2) is 0 Å². The quantitative estimate of drug-likeness (QED) is 0.439. The van der Waals surface area contributed by atoms with Gasteiger partial charge in [0, 0.05) is 47.9 Å². The fraction of sp³-hybridized carbons (Fsp3) is 0.321. The third kappa shape index (κ3) is 5.05. The highest BCUT2D eigenvalue weighted by atomic mass is 16.5. The number of pyridine rings is 1. The molecule has 2 aromatic heterocycles. The molecule has 180 valence electrons. The van der Waals surface area contributed by atoms with Gasteiger partial charge >= 0.3 is 0 Å². The number of aryl methyl sites for hydroxylation is 2. The second kappa shape index (κ2) is 9.88. The number of hydrogen-bond acceptors (Lipinski definition) is 5. The van der Waals surface area contributed by atoms with E-state index in [1.807, 2.05) is 60.4 Å². The number of benzene rings is 2. The van der Waals surface area contributed by atoms with Crippen LogP contribution in [-0.2, 0) is 13.5 Å². The van der Waals surface area contributed by atoms with E-state index in [9.17, 15) is 4.79 Å². The SMILES string of the molecule is CCc1cc(-c2cc(Oc3ccc4cnn(C)c4c3)ccn2)ccc1C(=O)NC1CCN(C)CC1. The van der Waals surface area contributed by atoms with Gasteiger partial charge in [-0.1, -0.05) is 13.0 Å². The molecule has 4 aromatic rings. The number of amides is 1. The topological polar surface area (TPSA) is 72.3 Å². The summed E-state index contributed by atoms with van der Waals surface area (Å²) in [6, 6.07) is 15.9. The number of carbonyl (C=O) groups excluding carboxylic acids is 1. The molecule has 2 aromatic carbocycles. The standard InChI is InChI=1S/C28H31N5O2/c1-4-19-15-20(6-8-25(19)28(34)31-22-10-13-32(2)14-11-22)26-16-24(9-12-29-26)35-23-7-5-21-18-30-33(3)27(21)17-23/h5-9,12,15-18,22H,4,10-11,13-14H2,1-3H3,(H,31,34). The number of ether oxygens (including phenoxy) is 1. The Labute approximate surface area is 205 Å². The summed E-state index contributed by atoms with van der Waals surface area (Å²) in [5.41, 5.74) is 4.54. The van der Waals surface area contributed by atoms with Gasteiger partial charge in [-0.05, 0) is 75.3 Å². The Morgan fingerprint density at radius 3 is 2.66 bits per heavy atom. The highest BCUT2D eigenvalue weighted by molar-refractivity contribution is 5.96. The third-order valence-corrected chi connectivity index (χ3v) is 6.77. The Kier molecular flexibility index (Phi) is 6.51. The molecule has 0 bridgehead atoms. The summed E-state index contributed by atoms with van der Waals surface area (Å²) in [4.78, 5) is 19.9. The minimum absolute atomic E-state index is 0.0125. The van der Waals surface area contributed by atoms with Gasteiger partial charge in [0.05, 0.1) is 17.4 Å². The first-order valence-corrected chi connectivity index (χ1v) is 12.2. The van der Waals surface area contributed by atoms with E-state index in [-0.39, 0.29) is 11.9 Å². The van der Waals surface area contributed by atoms with E-state index < -0.39 is 0 Å². The van der Waals surface area contributed by atoms with Gasteiger partial charge in [0.25, 0.3) is 5.91 Å². The van der Waals surface area contributed by atoms with Crippen LogP contribution in [0, 0.1) is 0 Å². The van der Waals surface area contributed by atoms with Crippen LogP contribution in [0.5, 0.6) is 11.5 Å². The van der Waals surface area contributed by atoms with Crippen LogP contribution in [0.3, 0.4) is 0 Å². The maximum absolute atomic E-state index is 13.0. The fourth-order valence-electron chi connectivity index (χ4n) is 4.64. The lowest BCUT2D eigenvalue weighted by Gasteiger charge is -2.29. The zero-order valence-electron chi connectivity index (χ0n) is 20.5. The van der Waals surface area contributed by atoms with Crippen molar-refractivity contribution in [3.8, 4) is 22.8 Å². The number of piperidine rings is 1. The van der Waals surface area contributed by atoms with Crippen LogP contribution in [0.2, 0.25) is 0 Å². The normalized spacial score (nSPS) is 14.8. The Balaban J connectivity index is 1.34. The largest absolute Gasteiger partial charge is 0.457 e. The second-order valence-electron chi connectivity index (χ2n) is 9.24. The fourth-order valence-corrected chi connectivity index (χ4v) is 4.64. The van der Waals surface area contributed by atoms with Crippen LogP contribution in [0.1, 0.15) is 35.7 Å². The van der Waals surface area contributed by atoms with E-state index in [4.69, 9.17) is 4.74 Å². The van der Waals surface area contributed by atoms with Gasteiger partial charge in [0.1, 0.15) is 11.5 Å². The van der Waals surface area contributed by atoms with Crippen LogP contribution >= 0.6 is 0 Å². The zero-order valence-corrected chi connectivity index (χ0v) is 20.5. The molecule has 0 spiro atoms. The summed E-state index contributed by atoms with van der Waals surface area (Å²) in [6.45, 7) is 4.11. The van der Waals surface area contributed by atoms with Gasteiger partial charge in [-0.3, -0.25) is 14.5 Å². The van der Waals surface area contributed by atoms with E-state index in [1.165, 1.54) is 0 Å². The summed E-state index contributed by atoms with van der Waals surface area (Å²) < 4.78 is 7.97. The predicted octanol–water partition coefficient (Wildman–Crippen LogP) is 4.81. The molecule has 35 heavy (non-hydrogen) atoms. The van der Waals surface area contributed by atoms with Crippen LogP contribution in [-0.4, -0.2) is 51.8 Å². The molecule has 1 saturated heterocycles. The Morgan fingerprint density at radius 1 is 1.06 bits per heavy atom. The molecule has 7 nitrogen and oxygen atoms in total. The van der Waals surface area contributed by atoms with Crippen molar-refractivity contribution in [1.82, 2.24) is 25.0 Å². The number of hydrogen-bond donors (Lipinski definition) is 1. The molecular formula is C28H31N5O2. The maximum Gasteiger partial charge on any atom is 0.251 e. The van der Waals surface area contributed by atoms with Gasteiger partial charge in [0.2, 0.25) is 0 Å². The van der Waals surface area contributed by atoms with Crippen molar-refractivity contribution in [2.45, 2.75) is 32.2 Å². The van der Waals surface area contributed by atoms with Gasteiger partial charge in [0.15, 0.2) is 0 Å². The first-order valence-electron chi connectivity index (χ1n) is 12.2. The van der Waals surface area contributed by atoms with E-state index >= 15 is 0 Å². The molecule has 1 amide bonds. The minimum atomic E-state index is 0.0125. The maximum atomic E-state index is 13.0. The zero-order chi connectivity index (χ0) is 24.4. The molecule has 5 rings (SSSR count). The van der Waals surface area contributed by atoms with E-state index in [0.29, 0.717) is 5.75 Å². The van der Waals surface area contributed by atoms with Crippen molar-refractivity contribution >= 4 is 16.8 Å². The average Bonchev–Trinajstić information content (AvgIpc) is 3.25. The average molecular weight is 470 g/mol. The van der Waals surface area contributed by atoms with Gasteiger partial charge < -0.3 is 15.0 Å². The number of rotatable bonds is 6. The van der Waals surface area contributed by atoms with Gasteiger partial charge in [-0.2, -0.15) is 5.10 Å². The van der Waals surface area contributed by atoms with Crippen molar-refractivity contribution < 1.29 is 9.53 Å². The lowest BCUT2D eigenvalue weighted by atomic mass is 9.98. The van der Waals surface area contributed by atoms with Crippen molar-refractivity contribution in [3.05, 3.63) is 72.1 Å². The predicted molar refractivity (Wildman–Crippen MR) is 138 cm³/mol. The van der Waals surface area contributed by atoms with Crippen molar-refractivity contribution in [3.63, 3.8) is 0 Å². The molecule has 0 saturated carbocycles. The van der Waals surface area contributed by atoms with Crippen LogP contribution in [0.15, 0.2) is 60.9 Å². The molecule has 0 unspecified atom stereocenters. The van der Waals surface area contributed by atoms with E-state index in [0.717, 1.165) is 71.4 Å².